The van der Waals surface area contributed by atoms with E-state index in [9.17, 15) is 9.00 Å². The lowest BCUT2D eigenvalue weighted by Crippen LogP contribution is -2.29. The second kappa shape index (κ2) is 8.02. The van der Waals surface area contributed by atoms with Crippen molar-refractivity contribution >= 4 is 57.2 Å². The molecule has 0 unspecified atom stereocenters. The lowest BCUT2D eigenvalue weighted by Gasteiger charge is -2.12. The molecule has 0 aliphatic carbocycles. The molecule has 4 nitrogen and oxygen atoms in total. The first-order valence-electron chi connectivity index (χ1n) is 6.46. The maximum Gasteiger partial charge on any atom is 0.269 e. The van der Waals surface area contributed by atoms with Gasteiger partial charge in [0.25, 0.3) is 5.91 Å². The van der Waals surface area contributed by atoms with Gasteiger partial charge in [-0.25, -0.2) is 0 Å². The number of halogens is 3. The van der Waals surface area contributed by atoms with Crippen LogP contribution in [0.25, 0.3) is 0 Å². The predicted octanol–water partition coefficient (Wildman–Crippen LogP) is 4.28. The van der Waals surface area contributed by atoms with Crippen LogP contribution in [-0.2, 0) is 16.6 Å². The van der Waals surface area contributed by atoms with E-state index in [2.05, 4.69) is 10.9 Å². The van der Waals surface area contributed by atoms with Crippen molar-refractivity contribution in [3.8, 4) is 0 Å². The summed E-state index contributed by atoms with van der Waals surface area (Å²) in [6.07, 6.45) is 1.61. The smallest absolute Gasteiger partial charge is 0.269 e. The van der Waals surface area contributed by atoms with Crippen molar-refractivity contribution in [1.82, 2.24) is 5.43 Å². The average Bonchev–Trinajstić information content (AvgIpc) is 2.45. The van der Waals surface area contributed by atoms with Crippen LogP contribution in [0.15, 0.2) is 36.4 Å². The van der Waals surface area contributed by atoms with Gasteiger partial charge in [0, 0.05) is 33.4 Å². The summed E-state index contributed by atoms with van der Waals surface area (Å²) in [6.45, 7) is 0. The van der Waals surface area contributed by atoms with Gasteiger partial charge in [0.2, 0.25) is 0 Å². The molecule has 0 aliphatic heterocycles. The van der Waals surface area contributed by atoms with Crippen LogP contribution >= 0.6 is 34.8 Å². The normalized spacial score (nSPS) is 11.8. The number of benzene rings is 2. The number of anilines is 1. The Morgan fingerprint density at radius 3 is 2.39 bits per heavy atom. The van der Waals surface area contributed by atoms with E-state index in [1.165, 1.54) is 12.1 Å². The number of carbonyl (C=O) groups excluding carboxylic acids is 1. The van der Waals surface area contributed by atoms with Crippen LogP contribution in [0, 0.1) is 0 Å². The third kappa shape index (κ3) is 5.11. The molecule has 2 N–H and O–H groups in total. The first kappa shape index (κ1) is 18.1. The van der Waals surface area contributed by atoms with Crippen LogP contribution in [-0.4, -0.2) is 16.4 Å². The third-order valence-corrected chi connectivity index (χ3v) is 4.42. The summed E-state index contributed by atoms with van der Waals surface area (Å²) in [6, 6.07) is 9.92. The van der Waals surface area contributed by atoms with Gasteiger partial charge < -0.3 is 0 Å². The molecule has 0 radical (unpaired) electrons. The van der Waals surface area contributed by atoms with Crippen molar-refractivity contribution in [2.75, 3.05) is 11.7 Å². The zero-order valence-electron chi connectivity index (χ0n) is 12.0. The third-order valence-electron chi connectivity index (χ3n) is 2.87. The van der Waals surface area contributed by atoms with E-state index in [0.29, 0.717) is 22.0 Å². The van der Waals surface area contributed by atoms with E-state index < -0.39 is 10.8 Å². The number of amides is 1. The molecule has 122 valence electrons. The molecule has 0 spiro atoms. The highest BCUT2D eigenvalue weighted by Gasteiger charge is 2.11. The molecule has 2 rings (SSSR count). The van der Waals surface area contributed by atoms with Crippen LogP contribution < -0.4 is 10.9 Å². The molecule has 8 heteroatoms. The first-order chi connectivity index (χ1) is 10.9. The number of hydrogen-bond donors (Lipinski definition) is 2. The molecule has 2 aromatic carbocycles. The second-order valence-electron chi connectivity index (χ2n) is 4.74. The largest absolute Gasteiger partial charge is 0.295 e. The van der Waals surface area contributed by atoms with Crippen molar-refractivity contribution in [3.05, 3.63) is 62.6 Å². The Morgan fingerprint density at radius 2 is 1.78 bits per heavy atom. The monoisotopic (exact) mass is 390 g/mol. The fraction of sp³-hybridized carbons (Fsp3) is 0.133. The molecule has 0 heterocycles. The zero-order valence-corrected chi connectivity index (χ0v) is 15.1. The molecule has 2 aromatic rings. The van der Waals surface area contributed by atoms with Gasteiger partial charge in [-0.1, -0.05) is 46.9 Å². The summed E-state index contributed by atoms with van der Waals surface area (Å²) in [5.41, 5.74) is 6.82. The van der Waals surface area contributed by atoms with Gasteiger partial charge in [0.05, 0.1) is 15.7 Å². The topological polar surface area (TPSA) is 58.2 Å². The summed E-state index contributed by atoms with van der Waals surface area (Å²) < 4.78 is 11.3. The summed E-state index contributed by atoms with van der Waals surface area (Å²) in [5, 5.41) is 0.980. The molecule has 0 aromatic heterocycles. The van der Waals surface area contributed by atoms with Crippen LogP contribution in [0.2, 0.25) is 15.1 Å². The van der Waals surface area contributed by atoms with Gasteiger partial charge in [-0.2, -0.15) is 0 Å². The van der Waals surface area contributed by atoms with Crippen LogP contribution in [0.5, 0.6) is 0 Å². The summed E-state index contributed by atoms with van der Waals surface area (Å²) in [5.74, 6) is 0.0273. The van der Waals surface area contributed by atoms with E-state index in [0.717, 1.165) is 5.56 Å². The lowest BCUT2D eigenvalue weighted by atomic mass is 10.1. The minimum absolute atomic E-state index is 0.290. The molecule has 0 saturated carbocycles. The van der Waals surface area contributed by atoms with Crippen molar-refractivity contribution < 1.29 is 9.00 Å². The standard InChI is InChI=1S/C15H13Cl3N2O2S/c1-23(22)8-9-3-2-4-10(5-9)15(21)20-19-14-12(17)6-11(16)7-13(14)18/h2-7,19H,8H2,1H3,(H,20,21)/t23-/m1/s1. The van der Waals surface area contributed by atoms with Gasteiger partial charge in [0.15, 0.2) is 0 Å². The molecule has 1 amide bonds. The molecule has 1 atom stereocenters. The number of carbonyl (C=O) groups is 1. The summed E-state index contributed by atoms with van der Waals surface area (Å²) in [4.78, 5) is 12.2. The Balaban J connectivity index is 2.10. The molecular formula is C15H13Cl3N2O2S. The van der Waals surface area contributed by atoms with Crippen molar-refractivity contribution in [3.63, 3.8) is 0 Å². The van der Waals surface area contributed by atoms with E-state index in [-0.39, 0.29) is 16.0 Å². The Hall–Kier alpha value is -1.27. The Morgan fingerprint density at radius 1 is 1.13 bits per heavy atom. The quantitative estimate of drug-likeness (QED) is 0.748. The van der Waals surface area contributed by atoms with E-state index >= 15 is 0 Å². The van der Waals surface area contributed by atoms with Crippen molar-refractivity contribution in [2.45, 2.75) is 5.75 Å². The van der Waals surface area contributed by atoms with Crippen LogP contribution in [0.3, 0.4) is 0 Å². The fourth-order valence-corrected chi connectivity index (χ4v) is 3.45. The van der Waals surface area contributed by atoms with Gasteiger partial charge in [-0.05, 0) is 29.8 Å². The number of rotatable bonds is 5. The molecule has 0 fully saturated rings. The highest BCUT2D eigenvalue weighted by atomic mass is 35.5. The highest BCUT2D eigenvalue weighted by Crippen LogP contribution is 2.33. The predicted molar refractivity (Wildman–Crippen MR) is 96.8 cm³/mol. The van der Waals surface area contributed by atoms with Crippen molar-refractivity contribution in [1.29, 1.82) is 0 Å². The zero-order chi connectivity index (χ0) is 17.0. The van der Waals surface area contributed by atoms with Crippen molar-refractivity contribution in [2.24, 2.45) is 0 Å². The fourth-order valence-electron chi connectivity index (χ4n) is 1.89. The minimum atomic E-state index is -0.975. The number of nitrogens with one attached hydrogen (secondary N) is 2. The SMILES string of the molecule is C[S@@](=O)Cc1cccc(C(=O)NNc2c(Cl)cc(Cl)cc2Cl)c1. The average molecular weight is 392 g/mol. The summed E-state index contributed by atoms with van der Waals surface area (Å²) >= 11 is 17.9. The van der Waals surface area contributed by atoms with Crippen LogP contribution in [0.4, 0.5) is 5.69 Å². The van der Waals surface area contributed by atoms with Gasteiger partial charge in [-0.3, -0.25) is 19.9 Å². The molecule has 0 aliphatic rings. The maximum atomic E-state index is 12.2. The van der Waals surface area contributed by atoms with E-state index in [1.807, 2.05) is 6.07 Å². The Bertz CT molecular complexity index is 745. The number of hydrogen-bond acceptors (Lipinski definition) is 3. The Kier molecular flexibility index (Phi) is 6.30. The highest BCUT2D eigenvalue weighted by molar-refractivity contribution is 7.83. The van der Waals surface area contributed by atoms with E-state index in [1.54, 1.807) is 24.5 Å². The Labute approximate surface area is 151 Å². The van der Waals surface area contributed by atoms with Gasteiger partial charge in [0.1, 0.15) is 0 Å². The molecule has 0 saturated heterocycles. The minimum Gasteiger partial charge on any atom is -0.295 e. The molecular weight excluding hydrogens is 379 g/mol. The molecule has 23 heavy (non-hydrogen) atoms. The van der Waals surface area contributed by atoms with Gasteiger partial charge in [-0.15, -0.1) is 0 Å². The number of hydrazine groups is 1. The maximum absolute atomic E-state index is 12.2. The lowest BCUT2D eigenvalue weighted by molar-refractivity contribution is 0.0962. The second-order valence-corrected chi connectivity index (χ2v) is 7.43. The van der Waals surface area contributed by atoms with E-state index in [4.69, 9.17) is 34.8 Å². The molecule has 0 bridgehead atoms. The van der Waals surface area contributed by atoms with Gasteiger partial charge >= 0.3 is 0 Å². The first-order valence-corrected chi connectivity index (χ1v) is 9.33. The summed E-state index contributed by atoms with van der Waals surface area (Å²) in [7, 11) is -0.975. The van der Waals surface area contributed by atoms with Crippen LogP contribution in [0.1, 0.15) is 15.9 Å².